The van der Waals surface area contributed by atoms with Gasteiger partial charge < -0.3 is 19.4 Å². The Morgan fingerprint density at radius 1 is 1.11 bits per heavy atom. The van der Waals surface area contributed by atoms with Crippen molar-refractivity contribution in [3.05, 3.63) is 30.1 Å². The molecule has 0 bridgehead atoms. The van der Waals surface area contributed by atoms with Crippen molar-refractivity contribution in [2.24, 2.45) is 5.92 Å². The first-order chi connectivity index (χ1) is 13.1. The molecule has 6 heteroatoms. The van der Waals surface area contributed by atoms with E-state index in [1.54, 1.807) is 12.1 Å². The number of amides is 1. The molecule has 3 rings (SSSR count). The van der Waals surface area contributed by atoms with Gasteiger partial charge in [0.25, 0.3) is 0 Å². The number of rotatable bonds is 6. The highest BCUT2D eigenvalue weighted by molar-refractivity contribution is 5.76. The lowest BCUT2D eigenvalue weighted by Gasteiger charge is -2.33. The predicted molar refractivity (Wildman–Crippen MR) is 104 cm³/mol. The second-order valence-electron chi connectivity index (χ2n) is 7.86. The molecular weight excluding hydrogens is 345 g/mol. The lowest BCUT2D eigenvalue weighted by molar-refractivity contribution is -0.133. The highest BCUT2D eigenvalue weighted by Gasteiger charge is 2.24. The minimum atomic E-state index is -0.257. The molecule has 1 aromatic rings. The maximum atomic E-state index is 13.0. The van der Waals surface area contributed by atoms with Crippen molar-refractivity contribution in [3.63, 3.8) is 0 Å². The standard InChI is InChI=1S/C21H32FN3O2/c1-23-10-3-11-24(15-14-23)13-9-21(26)25-12-2-4-18(16-25)17-27-20-7-5-19(22)6-8-20/h5-8,18H,2-4,9-17H2,1H3. The van der Waals surface area contributed by atoms with Crippen LogP contribution in [0.25, 0.3) is 0 Å². The minimum Gasteiger partial charge on any atom is -0.493 e. The van der Waals surface area contributed by atoms with Gasteiger partial charge >= 0.3 is 0 Å². The Hall–Kier alpha value is -1.66. The first-order valence-corrected chi connectivity index (χ1v) is 10.2. The second kappa shape index (κ2) is 10.0. The van der Waals surface area contributed by atoms with Crippen LogP contribution in [0.4, 0.5) is 4.39 Å². The smallest absolute Gasteiger partial charge is 0.223 e. The largest absolute Gasteiger partial charge is 0.493 e. The number of hydrogen-bond donors (Lipinski definition) is 0. The topological polar surface area (TPSA) is 36.0 Å². The van der Waals surface area contributed by atoms with Crippen molar-refractivity contribution >= 4 is 5.91 Å². The number of nitrogens with zero attached hydrogens (tertiary/aromatic N) is 3. The zero-order chi connectivity index (χ0) is 19.1. The number of halogens is 1. The molecule has 2 heterocycles. The van der Waals surface area contributed by atoms with Gasteiger partial charge in [0.15, 0.2) is 0 Å². The summed E-state index contributed by atoms with van der Waals surface area (Å²) in [5.74, 6) is 1.04. The highest BCUT2D eigenvalue weighted by atomic mass is 19.1. The van der Waals surface area contributed by atoms with Crippen LogP contribution in [0.2, 0.25) is 0 Å². The fraction of sp³-hybridized carbons (Fsp3) is 0.667. The third-order valence-electron chi connectivity index (χ3n) is 5.63. The lowest BCUT2D eigenvalue weighted by atomic mass is 9.98. The number of likely N-dealkylation sites (N-methyl/N-ethyl adjacent to an activating group) is 1. The molecule has 5 nitrogen and oxygen atoms in total. The molecule has 1 atom stereocenters. The first-order valence-electron chi connectivity index (χ1n) is 10.2. The molecule has 0 saturated carbocycles. The van der Waals surface area contributed by atoms with E-state index in [1.807, 2.05) is 4.90 Å². The molecule has 0 radical (unpaired) electrons. The van der Waals surface area contributed by atoms with Crippen molar-refractivity contribution in [2.75, 3.05) is 59.5 Å². The predicted octanol–water partition coefficient (Wildman–Crippen LogP) is 2.47. The van der Waals surface area contributed by atoms with E-state index in [4.69, 9.17) is 4.74 Å². The summed E-state index contributed by atoms with van der Waals surface area (Å²) in [7, 11) is 2.16. The van der Waals surface area contributed by atoms with Gasteiger partial charge in [-0.1, -0.05) is 0 Å². The van der Waals surface area contributed by atoms with E-state index in [0.29, 0.717) is 24.7 Å². The van der Waals surface area contributed by atoms with Gasteiger partial charge in [0, 0.05) is 45.1 Å². The minimum absolute atomic E-state index is 0.257. The van der Waals surface area contributed by atoms with Crippen molar-refractivity contribution in [1.29, 1.82) is 0 Å². The second-order valence-corrected chi connectivity index (χ2v) is 7.86. The molecule has 1 unspecified atom stereocenters. The normalized spacial score (nSPS) is 22.4. The van der Waals surface area contributed by atoms with Gasteiger partial charge in [0.1, 0.15) is 11.6 Å². The molecule has 2 aliphatic heterocycles. The molecule has 2 aliphatic rings. The maximum Gasteiger partial charge on any atom is 0.223 e. The molecule has 0 N–H and O–H groups in total. The van der Waals surface area contributed by atoms with Crippen molar-refractivity contribution < 1.29 is 13.9 Å². The van der Waals surface area contributed by atoms with Crippen LogP contribution in [0.1, 0.15) is 25.7 Å². The third-order valence-corrected chi connectivity index (χ3v) is 5.63. The van der Waals surface area contributed by atoms with Gasteiger partial charge in [-0.15, -0.1) is 0 Å². The van der Waals surface area contributed by atoms with Crippen molar-refractivity contribution in [3.8, 4) is 5.75 Å². The van der Waals surface area contributed by atoms with Gasteiger partial charge in [-0.05, 0) is 63.7 Å². The number of carbonyl (C=O) groups is 1. The Morgan fingerprint density at radius 2 is 1.93 bits per heavy atom. The molecule has 1 aromatic carbocycles. The number of hydrogen-bond acceptors (Lipinski definition) is 4. The highest BCUT2D eigenvalue weighted by Crippen LogP contribution is 2.20. The van der Waals surface area contributed by atoms with E-state index in [-0.39, 0.29) is 11.7 Å². The van der Waals surface area contributed by atoms with E-state index >= 15 is 0 Å². The van der Waals surface area contributed by atoms with Gasteiger partial charge in [-0.3, -0.25) is 4.79 Å². The van der Waals surface area contributed by atoms with E-state index < -0.39 is 0 Å². The molecule has 2 fully saturated rings. The van der Waals surface area contributed by atoms with Crippen LogP contribution in [0.5, 0.6) is 5.75 Å². The molecule has 2 saturated heterocycles. The lowest BCUT2D eigenvalue weighted by Crippen LogP contribution is -2.43. The Kier molecular flexibility index (Phi) is 7.47. The Bertz CT molecular complexity index is 596. The van der Waals surface area contributed by atoms with Gasteiger partial charge in [0.05, 0.1) is 6.61 Å². The number of benzene rings is 1. The zero-order valence-corrected chi connectivity index (χ0v) is 16.4. The van der Waals surface area contributed by atoms with Crippen LogP contribution in [0, 0.1) is 11.7 Å². The van der Waals surface area contributed by atoms with Crippen LogP contribution in [0.15, 0.2) is 24.3 Å². The van der Waals surface area contributed by atoms with E-state index in [0.717, 1.165) is 58.7 Å². The average Bonchev–Trinajstić information content (AvgIpc) is 2.90. The summed E-state index contributed by atoms with van der Waals surface area (Å²) >= 11 is 0. The summed E-state index contributed by atoms with van der Waals surface area (Å²) in [6, 6.07) is 6.12. The van der Waals surface area contributed by atoms with Crippen LogP contribution < -0.4 is 4.74 Å². The first kappa shape index (κ1) is 20.1. The van der Waals surface area contributed by atoms with Gasteiger partial charge in [-0.2, -0.15) is 0 Å². The van der Waals surface area contributed by atoms with E-state index in [1.165, 1.54) is 18.6 Å². The molecule has 0 spiro atoms. The Balaban J connectivity index is 1.40. The average molecular weight is 378 g/mol. The maximum absolute atomic E-state index is 13.0. The van der Waals surface area contributed by atoms with Crippen molar-refractivity contribution in [2.45, 2.75) is 25.7 Å². The summed E-state index contributed by atoms with van der Waals surface area (Å²) in [4.78, 5) is 19.4. The fourth-order valence-corrected chi connectivity index (χ4v) is 3.91. The SMILES string of the molecule is CN1CCCN(CCC(=O)N2CCCC(COc3ccc(F)cc3)C2)CC1. The van der Waals surface area contributed by atoms with Crippen LogP contribution in [0.3, 0.4) is 0 Å². The Labute approximate surface area is 162 Å². The summed E-state index contributed by atoms with van der Waals surface area (Å²) < 4.78 is 18.8. The molecule has 0 aromatic heterocycles. The molecule has 27 heavy (non-hydrogen) atoms. The molecule has 0 aliphatic carbocycles. The summed E-state index contributed by atoms with van der Waals surface area (Å²) in [6.07, 6.45) is 3.88. The van der Waals surface area contributed by atoms with Crippen molar-refractivity contribution in [1.82, 2.24) is 14.7 Å². The third kappa shape index (κ3) is 6.47. The number of piperidine rings is 1. The molecule has 150 valence electrons. The van der Waals surface area contributed by atoms with Gasteiger partial charge in [0.2, 0.25) is 5.91 Å². The number of likely N-dealkylation sites (tertiary alicyclic amines) is 1. The van der Waals surface area contributed by atoms with E-state index in [2.05, 4.69) is 16.8 Å². The number of ether oxygens (including phenoxy) is 1. The summed E-state index contributed by atoms with van der Waals surface area (Å²) in [5, 5.41) is 0. The Morgan fingerprint density at radius 3 is 2.74 bits per heavy atom. The zero-order valence-electron chi connectivity index (χ0n) is 16.4. The molecular formula is C21H32FN3O2. The summed E-state index contributed by atoms with van der Waals surface area (Å²) in [5.41, 5.74) is 0. The van der Waals surface area contributed by atoms with Crippen LogP contribution in [-0.4, -0.2) is 80.1 Å². The number of carbonyl (C=O) groups excluding carboxylic acids is 1. The van der Waals surface area contributed by atoms with E-state index in [9.17, 15) is 9.18 Å². The van der Waals surface area contributed by atoms with Crippen LogP contribution >= 0.6 is 0 Å². The quantitative estimate of drug-likeness (QED) is 0.763. The fourth-order valence-electron chi connectivity index (χ4n) is 3.91. The van der Waals surface area contributed by atoms with Crippen LogP contribution in [-0.2, 0) is 4.79 Å². The monoisotopic (exact) mass is 377 g/mol. The summed E-state index contributed by atoms with van der Waals surface area (Å²) in [6.45, 7) is 7.43. The molecule has 1 amide bonds. The van der Waals surface area contributed by atoms with Gasteiger partial charge in [-0.25, -0.2) is 4.39 Å².